The van der Waals surface area contributed by atoms with Gasteiger partial charge < -0.3 is 4.18 Å². The van der Waals surface area contributed by atoms with Crippen molar-refractivity contribution >= 4 is 10.1 Å². The smallest absolute Gasteiger partial charge is 0.306 e. The maximum Gasteiger partial charge on any atom is 0.306 e. The first-order valence-corrected chi connectivity index (χ1v) is 7.07. The molecule has 0 aliphatic carbocycles. The maximum atomic E-state index is 11.1. The van der Waals surface area contributed by atoms with Crippen LogP contribution < -0.4 is 4.18 Å². The first-order valence-electron chi connectivity index (χ1n) is 5.25. The summed E-state index contributed by atoms with van der Waals surface area (Å²) in [5.41, 5.74) is 0.823. The Bertz CT molecular complexity index is 461. The molecule has 1 rings (SSSR count). The van der Waals surface area contributed by atoms with Crippen molar-refractivity contribution in [3.63, 3.8) is 0 Å². The van der Waals surface area contributed by atoms with Crippen LogP contribution in [0.25, 0.3) is 0 Å². The second kappa shape index (κ2) is 4.45. The molecule has 0 radical (unpaired) electrons. The van der Waals surface area contributed by atoms with Gasteiger partial charge in [-0.15, -0.1) is 0 Å². The molecule has 0 N–H and O–H groups in total. The highest BCUT2D eigenvalue weighted by molar-refractivity contribution is 7.86. The molecule has 0 amide bonds. The molecule has 0 aliphatic rings. The fourth-order valence-electron chi connectivity index (χ4n) is 1.45. The Morgan fingerprint density at radius 3 is 2.31 bits per heavy atom. The molecule has 0 spiro atoms. The Kier molecular flexibility index (Phi) is 3.63. The van der Waals surface area contributed by atoms with E-state index in [4.69, 9.17) is 4.18 Å². The molecule has 0 bridgehead atoms. The minimum absolute atomic E-state index is 0.0959. The summed E-state index contributed by atoms with van der Waals surface area (Å²) >= 11 is 0. The van der Waals surface area contributed by atoms with Crippen LogP contribution in [0.4, 0.5) is 0 Å². The van der Waals surface area contributed by atoms with E-state index in [1.54, 1.807) is 12.1 Å². The number of para-hydroxylation sites is 1. The van der Waals surface area contributed by atoms with Gasteiger partial charge in [0.15, 0.2) is 0 Å². The number of hydrogen-bond acceptors (Lipinski definition) is 3. The lowest BCUT2D eigenvalue weighted by molar-refractivity contribution is 0.457. The zero-order chi connectivity index (χ0) is 12.4. The largest absolute Gasteiger partial charge is 0.382 e. The summed E-state index contributed by atoms with van der Waals surface area (Å²) < 4.78 is 27.3. The summed E-state index contributed by atoms with van der Waals surface area (Å²) in [7, 11) is -3.47. The van der Waals surface area contributed by atoms with Gasteiger partial charge in [-0.05, 0) is 17.9 Å². The van der Waals surface area contributed by atoms with Crippen LogP contribution in [0.5, 0.6) is 5.75 Å². The predicted molar refractivity (Wildman–Crippen MR) is 65.2 cm³/mol. The van der Waals surface area contributed by atoms with E-state index in [0.29, 0.717) is 5.75 Å². The van der Waals surface area contributed by atoms with Crippen molar-refractivity contribution < 1.29 is 12.6 Å². The quantitative estimate of drug-likeness (QED) is 0.762. The normalized spacial score (nSPS) is 12.5. The molecular weight excluding hydrogens is 224 g/mol. The Hall–Kier alpha value is -1.03. The van der Waals surface area contributed by atoms with Crippen LogP contribution >= 0.6 is 0 Å². The van der Waals surface area contributed by atoms with Gasteiger partial charge in [0.05, 0.1) is 6.26 Å². The zero-order valence-electron chi connectivity index (χ0n) is 10.1. The van der Waals surface area contributed by atoms with E-state index in [1.807, 2.05) is 12.1 Å². The fraction of sp³-hybridized carbons (Fsp3) is 0.500. The van der Waals surface area contributed by atoms with Crippen LogP contribution in [0, 0.1) is 0 Å². The van der Waals surface area contributed by atoms with E-state index < -0.39 is 10.1 Å². The van der Waals surface area contributed by atoms with Gasteiger partial charge in [0.2, 0.25) is 0 Å². The van der Waals surface area contributed by atoms with Crippen LogP contribution in [0.15, 0.2) is 24.3 Å². The highest BCUT2D eigenvalue weighted by Crippen LogP contribution is 2.34. The molecule has 1 aromatic rings. The molecule has 90 valence electrons. The average Bonchev–Trinajstić information content (AvgIpc) is 2.16. The lowest BCUT2D eigenvalue weighted by Crippen LogP contribution is -2.18. The Balaban J connectivity index is 3.21. The van der Waals surface area contributed by atoms with Gasteiger partial charge >= 0.3 is 10.1 Å². The van der Waals surface area contributed by atoms with E-state index in [1.165, 1.54) is 0 Å². The van der Waals surface area contributed by atoms with Crippen molar-refractivity contribution in [2.24, 2.45) is 0 Å². The highest BCUT2D eigenvalue weighted by Gasteiger charge is 2.23. The number of hydrogen-bond donors (Lipinski definition) is 0. The average molecular weight is 242 g/mol. The topological polar surface area (TPSA) is 43.4 Å². The van der Waals surface area contributed by atoms with Gasteiger partial charge in [-0.1, -0.05) is 39.0 Å². The molecule has 16 heavy (non-hydrogen) atoms. The second-order valence-electron chi connectivity index (χ2n) is 4.52. The molecule has 0 aromatic heterocycles. The molecule has 0 fully saturated rings. The minimum atomic E-state index is -3.47. The second-order valence-corrected chi connectivity index (χ2v) is 6.10. The van der Waals surface area contributed by atoms with Gasteiger partial charge in [-0.25, -0.2) is 0 Å². The summed E-state index contributed by atoms with van der Waals surface area (Å²) in [6.07, 6.45) is 1.97. The lowest BCUT2D eigenvalue weighted by Gasteiger charge is -2.25. The molecular formula is C12H18O3S. The van der Waals surface area contributed by atoms with Crippen LogP contribution in [0.2, 0.25) is 0 Å². The first-order chi connectivity index (χ1) is 7.26. The molecule has 0 aliphatic heterocycles. The lowest BCUT2D eigenvalue weighted by atomic mass is 9.82. The van der Waals surface area contributed by atoms with Crippen molar-refractivity contribution in [3.05, 3.63) is 29.8 Å². The van der Waals surface area contributed by atoms with E-state index in [2.05, 4.69) is 20.8 Å². The Morgan fingerprint density at radius 2 is 1.81 bits per heavy atom. The minimum Gasteiger partial charge on any atom is -0.382 e. The van der Waals surface area contributed by atoms with Gasteiger partial charge in [0.1, 0.15) is 5.75 Å². The van der Waals surface area contributed by atoms with Crippen LogP contribution in [0.3, 0.4) is 0 Å². The van der Waals surface area contributed by atoms with Crippen molar-refractivity contribution in [2.75, 3.05) is 6.26 Å². The third-order valence-corrected chi connectivity index (χ3v) is 3.22. The number of benzene rings is 1. The highest BCUT2D eigenvalue weighted by atomic mass is 32.2. The summed E-state index contributed by atoms with van der Waals surface area (Å²) in [5, 5.41) is 0. The van der Waals surface area contributed by atoms with Gasteiger partial charge in [-0.2, -0.15) is 8.42 Å². The van der Waals surface area contributed by atoms with E-state index in [9.17, 15) is 8.42 Å². The standard InChI is InChI=1S/C12H18O3S/c1-5-12(2,3)10-8-6-7-9-11(10)15-16(4,13)14/h6-9H,5H2,1-4H3. The Morgan fingerprint density at radius 1 is 1.25 bits per heavy atom. The zero-order valence-corrected chi connectivity index (χ0v) is 11.0. The van der Waals surface area contributed by atoms with Crippen molar-refractivity contribution in [1.29, 1.82) is 0 Å². The fourth-order valence-corrected chi connectivity index (χ4v) is 1.92. The Labute approximate surface area is 97.6 Å². The molecule has 0 heterocycles. The van der Waals surface area contributed by atoms with Gasteiger partial charge in [-0.3, -0.25) is 0 Å². The molecule has 4 heteroatoms. The van der Waals surface area contributed by atoms with Crippen molar-refractivity contribution in [2.45, 2.75) is 32.6 Å². The van der Waals surface area contributed by atoms with Gasteiger partial charge in [0.25, 0.3) is 0 Å². The molecule has 1 aromatic carbocycles. The summed E-state index contributed by atoms with van der Waals surface area (Å²) in [6.45, 7) is 6.20. The third kappa shape index (κ3) is 3.23. The van der Waals surface area contributed by atoms with E-state index in [-0.39, 0.29) is 5.41 Å². The van der Waals surface area contributed by atoms with Crippen LogP contribution in [-0.4, -0.2) is 14.7 Å². The van der Waals surface area contributed by atoms with Crippen LogP contribution in [0.1, 0.15) is 32.8 Å². The first kappa shape index (κ1) is 13.0. The summed E-state index contributed by atoms with van der Waals surface area (Å²) in [4.78, 5) is 0. The molecule has 0 saturated carbocycles. The van der Waals surface area contributed by atoms with Crippen molar-refractivity contribution in [3.8, 4) is 5.75 Å². The third-order valence-electron chi connectivity index (χ3n) is 2.74. The van der Waals surface area contributed by atoms with Gasteiger partial charge in [0, 0.05) is 5.56 Å². The van der Waals surface area contributed by atoms with E-state index in [0.717, 1.165) is 18.2 Å². The van der Waals surface area contributed by atoms with Crippen LogP contribution in [-0.2, 0) is 15.5 Å². The summed E-state index contributed by atoms with van der Waals surface area (Å²) in [5.74, 6) is 0.428. The number of rotatable bonds is 4. The molecule has 0 unspecified atom stereocenters. The maximum absolute atomic E-state index is 11.1. The predicted octanol–water partition coefficient (Wildman–Crippen LogP) is 2.71. The molecule has 0 atom stereocenters. The molecule has 3 nitrogen and oxygen atoms in total. The van der Waals surface area contributed by atoms with Crippen molar-refractivity contribution in [1.82, 2.24) is 0 Å². The monoisotopic (exact) mass is 242 g/mol. The SMILES string of the molecule is CCC(C)(C)c1ccccc1OS(C)(=O)=O. The molecule has 0 saturated heterocycles. The summed E-state index contributed by atoms with van der Waals surface area (Å²) in [6, 6.07) is 7.26. The van der Waals surface area contributed by atoms with E-state index >= 15 is 0 Å².